The zero-order chi connectivity index (χ0) is 15.2. The van der Waals surface area contributed by atoms with Crippen molar-refractivity contribution in [2.75, 3.05) is 27.2 Å². The molecule has 0 saturated carbocycles. The van der Waals surface area contributed by atoms with Gasteiger partial charge in [-0.05, 0) is 45.3 Å². The molecule has 0 fully saturated rings. The van der Waals surface area contributed by atoms with Crippen molar-refractivity contribution in [1.82, 2.24) is 14.9 Å². The molecule has 0 aliphatic carbocycles. The van der Waals surface area contributed by atoms with E-state index in [1.165, 1.54) is 0 Å². The van der Waals surface area contributed by atoms with Gasteiger partial charge >= 0.3 is 0 Å². The fraction of sp³-hybridized carbons (Fsp3) is 0.571. The molecule has 114 valence electrons. The lowest BCUT2D eigenvalue weighted by Gasteiger charge is -2.18. The molecule has 6 heteroatoms. The van der Waals surface area contributed by atoms with Crippen LogP contribution in [0.4, 0.5) is 0 Å². The minimum atomic E-state index is -3.44. The third-order valence-electron chi connectivity index (χ3n) is 2.81. The van der Waals surface area contributed by atoms with Crippen LogP contribution in [0.25, 0.3) is 0 Å². The minimum Gasteiger partial charge on any atom is -0.313 e. The summed E-state index contributed by atoms with van der Waals surface area (Å²) in [6.45, 7) is 6.20. The SMILES string of the molecule is CCNCc1ccc(S(=O)(=O)NC(C)CN(C)C)cc1. The van der Waals surface area contributed by atoms with Crippen LogP contribution < -0.4 is 10.0 Å². The fourth-order valence-electron chi connectivity index (χ4n) is 1.97. The minimum absolute atomic E-state index is 0.128. The monoisotopic (exact) mass is 299 g/mol. The average molecular weight is 299 g/mol. The van der Waals surface area contributed by atoms with Gasteiger partial charge in [0.25, 0.3) is 0 Å². The Morgan fingerprint density at radius 2 is 1.80 bits per heavy atom. The zero-order valence-corrected chi connectivity index (χ0v) is 13.5. The molecule has 0 aliphatic rings. The molecule has 0 radical (unpaired) electrons. The Kier molecular flexibility index (Phi) is 6.61. The predicted molar refractivity (Wildman–Crippen MR) is 82.2 cm³/mol. The summed E-state index contributed by atoms with van der Waals surface area (Å²) in [6.07, 6.45) is 0. The molecule has 1 unspecified atom stereocenters. The highest BCUT2D eigenvalue weighted by molar-refractivity contribution is 7.89. The van der Waals surface area contributed by atoms with Crippen molar-refractivity contribution in [3.63, 3.8) is 0 Å². The molecule has 0 bridgehead atoms. The Hall–Kier alpha value is -0.950. The van der Waals surface area contributed by atoms with E-state index in [2.05, 4.69) is 10.0 Å². The highest BCUT2D eigenvalue weighted by Gasteiger charge is 2.17. The van der Waals surface area contributed by atoms with Gasteiger partial charge in [0.15, 0.2) is 0 Å². The molecule has 5 nitrogen and oxygen atoms in total. The maximum Gasteiger partial charge on any atom is 0.240 e. The van der Waals surface area contributed by atoms with Crippen LogP contribution in [0.2, 0.25) is 0 Å². The van der Waals surface area contributed by atoms with Gasteiger partial charge in [-0.2, -0.15) is 0 Å². The number of hydrogen-bond donors (Lipinski definition) is 2. The topological polar surface area (TPSA) is 61.4 Å². The largest absolute Gasteiger partial charge is 0.313 e. The number of likely N-dealkylation sites (N-methyl/N-ethyl adjacent to an activating group) is 1. The summed E-state index contributed by atoms with van der Waals surface area (Å²) in [6, 6.07) is 6.85. The van der Waals surface area contributed by atoms with Crippen molar-refractivity contribution in [3.05, 3.63) is 29.8 Å². The quantitative estimate of drug-likeness (QED) is 0.752. The average Bonchev–Trinajstić information content (AvgIpc) is 2.35. The highest BCUT2D eigenvalue weighted by Crippen LogP contribution is 2.11. The van der Waals surface area contributed by atoms with Crippen molar-refractivity contribution >= 4 is 10.0 Å². The first-order valence-electron chi connectivity index (χ1n) is 6.82. The second-order valence-electron chi connectivity index (χ2n) is 5.21. The predicted octanol–water partition coefficient (Wildman–Crippen LogP) is 1.02. The Labute approximate surface area is 122 Å². The van der Waals surface area contributed by atoms with Gasteiger partial charge in [0.1, 0.15) is 0 Å². The zero-order valence-electron chi connectivity index (χ0n) is 12.7. The molecule has 0 amide bonds. The molecule has 1 rings (SSSR count). The van der Waals surface area contributed by atoms with Crippen molar-refractivity contribution in [1.29, 1.82) is 0 Å². The third kappa shape index (κ3) is 5.58. The molecule has 20 heavy (non-hydrogen) atoms. The van der Waals surface area contributed by atoms with E-state index >= 15 is 0 Å². The Balaban J connectivity index is 2.72. The first kappa shape index (κ1) is 17.1. The molecule has 0 aromatic heterocycles. The lowest BCUT2D eigenvalue weighted by atomic mass is 10.2. The van der Waals surface area contributed by atoms with Crippen LogP contribution >= 0.6 is 0 Å². The summed E-state index contributed by atoms with van der Waals surface area (Å²) in [5, 5.41) is 3.21. The lowest BCUT2D eigenvalue weighted by Crippen LogP contribution is -2.39. The molecule has 1 aromatic rings. The molecular formula is C14H25N3O2S. The summed E-state index contributed by atoms with van der Waals surface area (Å²) >= 11 is 0. The number of hydrogen-bond acceptors (Lipinski definition) is 4. The van der Waals surface area contributed by atoms with E-state index < -0.39 is 10.0 Å². The van der Waals surface area contributed by atoms with E-state index in [-0.39, 0.29) is 6.04 Å². The van der Waals surface area contributed by atoms with Gasteiger partial charge in [0, 0.05) is 19.1 Å². The fourth-order valence-corrected chi connectivity index (χ4v) is 3.21. The maximum absolute atomic E-state index is 12.2. The summed E-state index contributed by atoms with van der Waals surface area (Å²) in [5.74, 6) is 0. The van der Waals surface area contributed by atoms with Crippen molar-refractivity contribution < 1.29 is 8.42 Å². The Bertz CT molecular complexity index is 498. The molecule has 1 atom stereocenters. The molecule has 0 heterocycles. The molecule has 1 aromatic carbocycles. The van der Waals surface area contributed by atoms with E-state index in [1.54, 1.807) is 12.1 Å². The number of nitrogens with one attached hydrogen (secondary N) is 2. The second kappa shape index (κ2) is 7.73. The van der Waals surface area contributed by atoms with Crippen LogP contribution in [0.3, 0.4) is 0 Å². The van der Waals surface area contributed by atoms with Crippen LogP contribution in [0, 0.1) is 0 Å². The van der Waals surface area contributed by atoms with Crippen LogP contribution in [0.5, 0.6) is 0 Å². The van der Waals surface area contributed by atoms with E-state index in [0.29, 0.717) is 11.4 Å². The summed E-state index contributed by atoms with van der Waals surface area (Å²) in [4.78, 5) is 2.26. The van der Waals surface area contributed by atoms with E-state index in [9.17, 15) is 8.42 Å². The van der Waals surface area contributed by atoms with Gasteiger partial charge in [0.2, 0.25) is 10.0 Å². The van der Waals surface area contributed by atoms with Crippen LogP contribution in [-0.4, -0.2) is 46.5 Å². The van der Waals surface area contributed by atoms with Crippen molar-refractivity contribution in [2.45, 2.75) is 31.3 Å². The number of rotatable bonds is 8. The molecule has 0 spiro atoms. The number of benzene rings is 1. The van der Waals surface area contributed by atoms with Crippen molar-refractivity contribution in [2.24, 2.45) is 0 Å². The third-order valence-corrected chi connectivity index (χ3v) is 4.41. The Morgan fingerprint density at radius 1 is 1.20 bits per heavy atom. The van der Waals surface area contributed by atoms with Crippen LogP contribution in [-0.2, 0) is 16.6 Å². The summed E-state index contributed by atoms with van der Waals surface area (Å²) < 4.78 is 27.1. The smallest absolute Gasteiger partial charge is 0.240 e. The van der Waals surface area contributed by atoms with E-state index in [4.69, 9.17) is 0 Å². The van der Waals surface area contributed by atoms with Gasteiger partial charge in [-0.15, -0.1) is 0 Å². The highest BCUT2D eigenvalue weighted by atomic mass is 32.2. The summed E-state index contributed by atoms with van der Waals surface area (Å²) in [5.41, 5.74) is 1.08. The maximum atomic E-state index is 12.2. The first-order chi connectivity index (χ1) is 9.35. The standard InChI is InChI=1S/C14H25N3O2S/c1-5-15-10-13-6-8-14(9-7-13)20(18,19)16-12(2)11-17(3)4/h6-9,12,15-16H,5,10-11H2,1-4H3. The van der Waals surface area contributed by atoms with Crippen LogP contribution in [0.1, 0.15) is 19.4 Å². The van der Waals surface area contributed by atoms with Gasteiger partial charge < -0.3 is 10.2 Å². The number of nitrogens with zero attached hydrogens (tertiary/aromatic N) is 1. The van der Waals surface area contributed by atoms with E-state index in [0.717, 1.165) is 18.7 Å². The Morgan fingerprint density at radius 3 is 2.30 bits per heavy atom. The summed E-state index contributed by atoms with van der Waals surface area (Å²) in [7, 11) is 0.394. The van der Waals surface area contributed by atoms with Gasteiger partial charge in [-0.25, -0.2) is 13.1 Å². The van der Waals surface area contributed by atoms with Crippen molar-refractivity contribution in [3.8, 4) is 0 Å². The van der Waals surface area contributed by atoms with Gasteiger partial charge in [-0.3, -0.25) is 0 Å². The lowest BCUT2D eigenvalue weighted by molar-refractivity contribution is 0.370. The first-order valence-corrected chi connectivity index (χ1v) is 8.30. The van der Waals surface area contributed by atoms with Gasteiger partial charge in [-0.1, -0.05) is 19.1 Å². The number of sulfonamides is 1. The molecule has 0 aliphatic heterocycles. The molecular weight excluding hydrogens is 274 g/mol. The second-order valence-corrected chi connectivity index (χ2v) is 6.92. The van der Waals surface area contributed by atoms with Crippen LogP contribution in [0.15, 0.2) is 29.2 Å². The molecule has 0 saturated heterocycles. The normalized spacial score (nSPS) is 13.7. The van der Waals surface area contributed by atoms with Gasteiger partial charge in [0.05, 0.1) is 4.90 Å². The molecule has 2 N–H and O–H groups in total. The van der Waals surface area contributed by atoms with E-state index in [1.807, 2.05) is 45.0 Å².